The molecule has 1 aromatic carbocycles. The number of fused-ring (bicyclic) bond motifs is 1. The Kier molecular flexibility index (Phi) is 7.33. The van der Waals surface area contributed by atoms with Gasteiger partial charge in [-0.05, 0) is 44.3 Å². The number of aromatic nitrogens is 4. The molecule has 0 aliphatic carbocycles. The van der Waals surface area contributed by atoms with E-state index < -0.39 is 0 Å². The van der Waals surface area contributed by atoms with Gasteiger partial charge in [-0.3, -0.25) is 4.90 Å². The average molecular weight is 484 g/mol. The van der Waals surface area contributed by atoms with Crippen molar-refractivity contribution in [3.05, 3.63) is 84.9 Å². The zero-order chi connectivity index (χ0) is 24.7. The minimum atomic E-state index is 0.425. The Morgan fingerprint density at radius 1 is 1.14 bits per heavy atom. The lowest BCUT2D eigenvalue weighted by atomic mass is 9.97. The molecule has 0 amide bonds. The van der Waals surface area contributed by atoms with Gasteiger partial charge in [0.05, 0.1) is 19.3 Å². The molecule has 1 saturated heterocycles. The predicted octanol–water partition coefficient (Wildman–Crippen LogP) is 5.71. The Balaban J connectivity index is 1.16. The van der Waals surface area contributed by atoms with Crippen LogP contribution in [0.1, 0.15) is 31.2 Å². The number of allylic oxidation sites excluding steroid dienone is 5. The first-order chi connectivity index (χ1) is 17.7. The van der Waals surface area contributed by atoms with Gasteiger partial charge in [-0.1, -0.05) is 71.5 Å². The van der Waals surface area contributed by atoms with Crippen molar-refractivity contribution >= 4 is 16.5 Å². The third kappa shape index (κ3) is 5.44. The lowest BCUT2D eigenvalue weighted by molar-refractivity contribution is 0.127. The van der Waals surface area contributed by atoms with Crippen molar-refractivity contribution in [3.8, 4) is 17.1 Å². The zero-order valence-corrected chi connectivity index (χ0v) is 20.3. The van der Waals surface area contributed by atoms with Crippen molar-refractivity contribution in [3.63, 3.8) is 0 Å². The number of ether oxygens (including phenoxy) is 1. The highest BCUT2D eigenvalue weighted by Gasteiger charge is 2.23. The molecule has 3 aromatic heterocycles. The van der Waals surface area contributed by atoms with E-state index in [1.807, 2.05) is 67.6 Å². The average Bonchev–Trinajstić information content (AvgIpc) is 3.57. The first kappa shape index (κ1) is 23.7. The summed E-state index contributed by atoms with van der Waals surface area (Å²) in [5.41, 5.74) is 3.81. The standard InChI is InChI=1S/C28H29N5O3/c1-3-4-6-9-20(2)27-26-25(36-32-27)17-29-30-28(26)34-19-21-12-14-33(15-13-21)18-23-16-24(31-35-23)22-10-7-5-8-11-22/h3-11,16-17,21H,2,12-15,18-19H2,1H3. The molecule has 0 atom stereocenters. The molecule has 184 valence electrons. The molecule has 5 rings (SSSR count). The van der Waals surface area contributed by atoms with Crippen molar-refractivity contribution in [2.45, 2.75) is 26.3 Å². The van der Waals surface area contributed by atoms with Gasteiger partial charge in [0, 0.05) is 11.6 Å². The quantitative estimate of drug-likeness (QED) is 0.280. The molecule has 0 spiro atoms. The summed E-state index contributed by atoms with van der Waals surface area (Å²) in [5.74, 6) is 1.74. The van der Waals surface area contributed by atoms with Crippen LogP contribution >= 0.6 is 0 Å². The highest BCUT2D eigenvalue weighted by molar-refractivity contribution is 5.93. The Hall–Kier alpha value is -4.04. The van der Waals surface area contributed by atoms with Crippen molar-refractivity contribution in [2.24, 2.45) is 5.92 Å². The Labute approximate surface area is 209 Å². The third-order valence-electron chi connectivity index (χ3n) is 6.33. The fourth-order valence-corrected chi connectivity index (χ4v) is 4.32. The molecule has 1 aliphatic heterocycles. The predicted molar refractivity (Wildman–Crippen MR) is 138 cm³/mol. The molecule has 4 aromatic rings. The first-order valence-electron chi connectivity index (χ1n) is 12.2. The normalized spacial score (nSPS) is 15.4. The van der Waals surface area contributed by atoms with Crippen LogP contribution in [0.15, 0.2) is 82.5 Å². The van der Waals surface area contributed by atoms with Crippen molar-refractivity contribution < 1.29 is 13.8 Å². The number of rotatable bonds is 9. The minimum absolute atomic E-state index is 0.425. The molecular weight excluding hydrogens is 454 g/mol. The van der Waals surface area contributed by atoms with E-state index in [0.29, 0.717) is 35.1 Å². The maximum absolute atomic E-state index is 6.14. The van der Waals surface area contributed by atoms with Gasteiger partial charge in [0.2, 0.25) is 5.88 Å². The van der Waals surface area contributed by atoms with Gasteiger partial charge >= 0.3 is 0 Å². The number of hydrogen-bond donors (Lipinski definition) is 0. The molecule has 4 heterocycles. The van der Waals surface area contributed by atoms with Crippen LogP contribution in [0.3, 0.4) is 0 Å². The van der Waals surface area contributed by atoms with Gasteiger partial charge in [0.1, 0.15) is 16.8 Å². The second kappa shape index (κ2) is 11.1. The number of hydrogen-bond acceptors (Lipinski definition) is 8. The second-order valence-corrected chi connectivity index (χ2v) is 8.91. The summed E-state index contributed by atoms with van der Waals surface area (Å²) < 4.78 is 17.2. The van der Waals surface area contributed by atoms with Crippen LogP contribution in [0, 0.1) is 5.92 Å². The van der Waals surface area contributed by atoms with Gasteiger partial charge < -0.3 is 13.8 Å². The SMILES string of the molecule is C=C(C=CC=CC)c1noc2cnnc(OCC3CCN(Cc4cc(-c5ccccc5)no4)CC3)c12. The summed E-state index contributed by atoms with van der Waals surface area (Å²) in [7, 11) is 0. The Bertz CT molecular complexity index is 1360. The zero-order valence-electron chi connectivity index (χ0n) is 20.3. The van der Waals surface area contributed by atoms with Crippen LogP contribution in [-0.2, 0) is 6.54 Å². The van der Waals surface area contributed by atoms with E-state index in [9.17, 15) is 0 Å². The lowest BCUT2D eigenvalue weighted by Gasteiger charge is -2.30. The Morgan fingerprint density at radius 3 is 2.78 bits per heavy atom. The summed E-state index contributed by atoms with van der Waals surface area (Å²) in [6.45, 7) is 9.32. The molecule has 8 heteroatoms. The van der Waals surface area contributed by atoms with E-state index in [2.05, 4.69) is 32.0 Å². The largest absolute Gasteiger partial charge is 0.476 e. The van der Waals surface area contributed by atoms with E-state index >= 15 is 0 Å². The van der Waals surface area contributed by atoms with Crippen molar-refractivity contribution in [1.82, 2.24) is 25.4 Å². The van der Waals surface area contributed by atoms with Gasteiger partial charge in [0.25, 0.3) is 0 Å². The summed E-state index contributed by atoms with van der Waals surface area (Å²) in [6, 6.07) is 12.1. The third-order valence-corrected chi connectivity index (χ3v) is 6.33. The van der Waals surface area contributed by atoms with Gasteiger partial charge in [0.15, 0.2) is 11.3 Å². The van der Waals surface area contributed by atoms with Crippen LogP contribution in [0.4, 0.5) is 0 Å². The van der Waals surface area contributed by atoms with Crippen LogP contribution < -0.4 is 4.74 Å². The number of likely N-dealkylation sites (tertiary alicyclic amines) is 1. The number of piperidine rings is 1. The smallest absolute Gasteiger partial charge is 0.247 e. The minimum Gasteiger partial charge on any atom is -0.476 e. The van der Waals surface area contributed by atoms with E-state index in [1.54, 1.807) is 6.20 Å². The van der Waals surface area contributed by atoms with Gasteiger partial charge in [-0.25, -0.2) is 0 Å². The van der Waals surface area contributed by atoms with Crippen LogP contribution in [0.2, 0.25) is 0 Å². The molecule has 1 aliphatic rings. The van der Waals surface area contributed by atoms with E-state index in [-0.39, 0.29) is 0 Å². The monoisotopic (exact) mass is 483 g/mol. The Morgan fingerprint density at radius 2 is 1.97 bits per heavy atom. The van der Waals surface area contributed by atoms with Gasteiger partial charge in [-0.15, -0.1) is 5.10 Å². The number of benzene rings is 1. The van der Waals surface area contributed by atoms with E-state index in [0.717, 1.165) is 55.1 Å². The molecule has 0 N–H and O–H groups in total. The van der Waals surface area contributed by atoms with E-state index in [4.69, 9.17) is 13.8 Å². The van der Waals surface area contributed by atoms with Crippen molar-refractivity contribution in [1.29, 1.82) is 0 Å². The maximum atomic E-state index is 6.14. The van der Waals surface area contributed by atoms with Crippen LogP contribution in [-0.4, -0.2) is 45.1 Å². The van der Waals surface area contributed by atoms with Crippen molar-refractivity contribution in [2.75, 3.05) is 19.7 Å². The van der Waals surface area contributed by atoms with Crippen LogP contribution in [0.25, 0.3) is 27.8 Å². The molecule has 0 unspecified atom stereocenters. The summed E-state index contributed by atoms with van der Waals surface area (Å²) in [5, 5.41) is 17.3. The highest BCUT2D eigenvalue weighted by Crippen LogP contribution is 2.31. The molecule has 1 fully saturated rings. The molecule has 36 heavy (non-hydrogen) atoms. The molecular formula is C28H29N5O3. The molecule has 0 radical (unpaired) electrons. The molecule has 0 bridgehead atoms. The fraction of sp³-hybridized carbons (Fsp3) is 0.286. The summed E-state index contributed by atoms with van der Waals surface area (Å²) in [6.07, 6.45) is 11.3. The molecule has 8 nitrogen and oxygen atoms in total. The summed E-state index contributed by atoms with van der Waals surface area (Å²) in [4.78, 5) is 2.39. The van der Waals surface area contributed by atoms with E-state index in [1.165, 1.54) is 0 Å². The molecule has 0 saturated carbocycles. The summed E-state index contributed by atoms with van der Waals surface area (Å²) >= 11 is 0. The fourth-order valence-electron chi connectivity index (χ4n) is 4.32. The van der Waals surface area contributed by atoms with Crippen LogP contribution in [0.5, 0.6) is 5.88 Å². The second-order valence-electron chi connectivity index (χ2n) is 8.91. The topological polar surface area (TPSA) is 90.3 Å². The van der Waals surface area contributed by atoms with Gasteiger partial charge in [-0.2, -0.15) is 5.10 Å². The highest BCUT2D eigenvalue weighted by atomic mass is 16.5. The first-order valence-corrected chi connectivity index (χ1v) is 12.2. The number of nitrogens with zero attached hydrogens (tertiary/aromatic N) is 5. The lowest BCUT2D eigenvalue weighted by Crippen LogP contribution is -2.35. The maximum Gasteiger partial charge on any atom is 0.247 e.